The average Bonchev–Trinajstić information content (AvgIpc) is 3.19. The number of carbonyl (C=O) groups excluding carboxylic acids is 1. The van der Waals surface area contributed by atoms with E-state index in [9.17, 15) is 14.9 Å². The Labute approximate surface area is 170 Å². The standard InChI is InChI=1S/C22H15N3O3S/c26-21(17-9-5-2-6-10-17)24-22-23-19(15-11-13-18(14-12-15)25(27)28)20(29-22)16-7-3-1-4-8-16/h1-14H,(H,23,24,26). The van der Waals surface area contributed by atoms with Crippen LogP contribution in [-0.2, 0) is 0 Å². The van der Waals surface area contributed by atoms with Crippen LogP contribution in [0.1, 0.15) is 10.4 Å². The van der Waals surface area contributed by atoms with Gasteiger partial charge in [-0.05, 0) is 29.8 Å². The van der Waals surface area contributed by atoms with Crippen molar-refractivity contribution >= 4 is 28.1 Å². The van der Waals surface area contributed by atoms with Gasteiger partial charge >= 0.3 is 0 Å². The molecular formula is C22H15N3O3S. The van der Waals surface area contributed by atoms with Crippen molar-refractivity contribution in [3.63, 3.8) is 0 Å². The van der Waals surface area contributed by atoms with Crippen molar-refractivity contribution in [3.8, 4) is 21.7 Å². The van der Waals surface area contributed by atoms with Gasteiger partial charge in [0.25, 0.3) is 11.6 Å². The maximum Gasteiger partial charge on any atom is 0.269 e. The Bertz CT molecular complexity index is 1160. The summed E-state index contributed by atoms with van der Waals surface area (Å²) in [7, 11) is 0. The van der Waals surface area contributed by atoms with Gasteiger partial charge in [-0.25, -0.2) is 4.98 Å². The van der Waals surface area contributed by atoms with Crippen LogP contribution in [0.15, 0.2) is 84.9 Å². The molecule has 1 aromatic heterocycles. The number of nitrogens with zero attached hydrogens (tertiary/aromatic N) is 2. The summed E-state index contributed by atoms with van der Waals surface area (Å²) in [6.07, 6.45) is 0. The molecule has 0 aliphatic rings. The zero-order valence-corrected chi connectivity index (χ0v) is 15.9. The van der Waals surface area contributed by atoms with E-state index in [0.29, 0.717) is 16.4 Å². The van der Waals surface area contributed by atoms with Gasteiger partial charge in [-0.1, -0.05) is 59.9 Å². The monoisotopic (exact) mass is 401 g/mol. The van der Waals surface area contributed by atoms with Gasteiger partial charge in [0.2, 0.25) is 0 Å². The minimum Gasteiger partial charge on any atom is -0.298 e. The number of nitrogens with one attached hydrogen (secondary N) is 1. The van der Waals surface area contributed by atoms with Gasteiger partial charge in [0.1, 0.15) is 0 Å². The number of carbonyl (C=O) groups is 1. The second-order valence-corrected chi connectivity index (χ2v) is 7.19. The number of anilines is 1. The van der Waals surface area contributed by atoms with Gasteiger partial charge in [-0.3, -0.25) is 20.2 Å². The van der Waals surface area contributed by atoms with Crippen molar-refractivity contribution in [2.24, 2.45) is 0 Å². The molecule has 7 heteroatoms. The first-order chi connectivity index (χ1) is 14.1. The predicted octanol–water partition coefficient (Wildman–Crippen LogP) is 5.64. The SMILES string of the molecule is O=C(Nc1nc(-c2ccc([N+](=O)[O-])cc2)c(-c2ccccc2)s1)c1ccccc1. The van der Waals surface area contributed by atoms with E-state index in [1.54, 1.807) is 36.4 Å². The lowest BCUT2D eigenvalue weighted by atomic mass is 10.1. The number of amides is 1. The highest BCUT2D eigenvalue weighted by atomic mass is 32.1. The fraction of sp³-hybridized carbons (Fsp3) is 0. The molecule has 0 bridgehead atoms. The number of thiazole rings is 1. The molecule has 0 fully saturated rings. The molecule has 3 aromatic carbocycles. The fourth-order valence-corrected chi connectivity index (χ4v) is 3.84. The van der Waals surface area contributed by atoms with Gasteiger partial charge in [0.15, 0.2) is 5.13 Å². The Morgan fingerprint density at radius 1 is 0.862 bits per heavy atom. The van der Waals surface area contributed by atoms with Gasteiger partial charge in [0, 0.05) is 23.3 Å². The highest BCUT2D eigenvalue weighted by Crippen LogP contribution is 2.39. The second kappa shape index (κ2) is 8.04. The van der Waals surface area contributed by atoms with Gasteiger partial charge in [0.05, 0.1) is 15.5 Å². The molecule has 0 aliphatic heterocycles. The Morgan fingerprint density at radius 2 is 1.48 bits per heavy atom. The van der Waals surface area contributed by atoms with E-state index in [0.717, 1.165) is 16.0 Å². The quantitative estimate of drug-likeness (QED) is 0.346. The number of aromatic nitrogens is 1. The van der Waals surface area contributed by atoms with Crippen molar-refractivity contribution < 1.29 is 9.72 Å². The first-order valence-corrected chi connectivity index (χ1v) is 9.61. The molecule has 0 saturated heterocycles. The lowest BCUT2D eigenvalue weighted by molar-refractivity contribution is -0.384. The maximum absolute atomic E-state index is 12.5. The number of nitro benzene ring substituents is 1. The normalized spacial score (nSPS) is 10.5. The van der Waals surface area contributed by atoms with Crippen molar-refractivity contribution in [2.45, 2.75) is 0 Å². The predicted molar refractivity (Wildman–Crippen MR) is 114 cm³/mol. The van der Waals surface area contributed by atoms with Crippen molar-refractivity contribution in [1.29, 1.82) is 0 Å². The molecule has 142 valence electrons. The molecule has 0 saturated carbocycles. The van der Waals surface area contributed by atoms with Crippen molar-refractivity contribution in [3.05, 3.63) is 101 Å². The minimum atomic E-state index is -0.436. The van der Waals surface area contributed by atoms with Gasteiger partial charge in [-0.15, -0.1) is 0 Å². The van der Waals surface area contributed by atoms with Crippen molar-refractivity contribution in [1.82, 2.24) is 4.98 Å². The van der Waals surface area contributed by atoms with Crippen LogP contribution in [0, 0.1) is 10.1 Å². The number of hydrogen-bond donors (Lipinski definition) is 1. The lowest BCUT2D eigenvalue weighted by Crippen LogP contribution is -2.11. The number of rotatable bonds is 5. The summed E-state index contributed by atoms with van der Waals surface area (Å²) in [6, 6.07) is 24.9. The summed E-state index contributed by atoms with van der Waals surface area (Å²) < 4.78 is 0. The Morgan fingerprint density at radius 3 is 2.10 bits per heavy atom. The molecule has 0 atom stereocenters. The van der Waals surface area contributed by atoms with Crippen LogP contribution >= 0.6 is 11.3 Å². The first-order valence-electron chi connectivity index (χ1n) is 8.79. The lowest BCUT2D eigenvalue weighted by Gasteiger charge is -2.02. The fourth-order valence-electron chi connectivity index (χ4n) is 2.85. The molecule has 4 rings (SSSR count). The van der Waals surface area contributed by atoms with Crippen LogP contribution in [0.25, 0.3) is 21.7 Å². The Hall–Kier alpha value is -3.84. The first kappa shape index (κ1) is 18.5. The van der Waals surface area contributed by atoms with Crippen LogP contribution in [0.3, 0.4) is 0 Å². The topological polar surface area (TPSA) is 85.1 Å². The van der Waals surface area contributed by atoms with E-state index in [1.165, 1.54) is 23.5 Å². The summed E-state index contributed by atoms with van der Waals surface area (Å²) in [5, 5.41) is 14.3. The molecule has 1 amide bonds. The summed E-state index contributed by atoms with van der Waals surface area (Å²) in [5.74, 6) is -0.241. The number of nitro groups is 1. The number of hydrogen-bond acceptors (Lipinski definition) is 5. The van der Waals surface area contributed by atoms with Crippen LogP contribution < -0.4 is 5.32 Å². The highest BCUT2D eigenvalue weighted by Gasteiger charge is 2.17. The van der Waals surface area contributed by atoms with E-state index in [-0.39, 0.29) is 11.6 Å². The number of benzene rings is 3. The van der Waals surface area contributed by atoms with E-state index >= 15 is 0 Å². The van der Waals surface area contributed by atoms with Crippen molar-refractivity contribution in [2.75, 3.05) is 5.32 Å². The zero-order chi connectivity index (χ0) is 20.2. The molecule has 4 aromatic rings. The third-order valence-corrected chi connectivity index (χ3v) is 5.29. The molecule has 0 spiro atoms. The largest absolute Gasteiger partial charge is 0.298 e. The van der Waals surface area contributed by atoms with E-state index in [1.807, 2.05) is 36.4 Å². The van der Waals surface area contributed by atoms with E-state index in [2.05, 4.69) is 10.3 Å². The van der Waals surface area contributed by atoms with Crippen LogP contribution in [-0.4, -0.2) is 15.8 Å². The molecular weight excluding hydrogens is 386 g/mol. The minimum absolute atomic E-state index is 0.0165. The van der Waals surface area contributed by atoms with Crippen LogP contribution in [0.4, 0.5) is 10.8 Å². The average molecular weight is 401 g/mol. The third kappa shape index (κ3) is 4.04. The smallest absolute Gasteiger partial charge is 0.269 e. The summed E-state index contributed by atoms with van der Waals surface area (Å²) in [4.78, 5) is 28.5. The molecule has 6 nitrogen and oxygen atoms in total. The van der Waals surface area contributed by atoms with Gasteiger partial charge in [-0.2, -0.15) is 0 Å². The summed E-state index contributed by atoms with van der Waals surface area (Å²) in [6.45, 7) is 0. The molecule has 0 radical (unpaired) electrons. The molecule has 29 heavy (non-hydrogen) atoms. The van der Waals surface area contributed by atoms with Gasteiger partial charge < -0.3 is 0 Å². The summed E-state index contributed by atoms with van der Waals surface area (Å²) >= 11 is 1.36. The van der Waals surface area contributed by atoms with Crippen LogP contribution in [0.2, 0.25) is 0 Å². The summed E-state index contributed by atoms with van der Waals surface area (Å²) in [5.41, 5.74) is 2.92. The molecule has 0 unspecified atom stereocenters. The highest BCUT2D eigenvalue weighted by molar-refractivity contribution is 7.19. The van der Waals surface area contributed by atoms with Crippen LogP contribution in [0.5, 0.6) is 0 Å². The maximum atomic E-state index is 12.5. The number of non-ortho nitro benzene ring substituents is 1. The molecule has 0 aliphatic carbocycles. The second-order valence-electron chi connectivity index (χ2n) is 6.19. The zero-order valence-electron chi connectivity index (χ0n) is 15.1. The third-order valence-electron chi connectivity index (χ3n) is 4.27. The Balaban J connectivity index is 1.73. The molecule has 1 N–H and O–H groups in total. The van der Waals surface area contributed by atoms with E-state index < -0.39 is 4.92 Å². The Kier molecular flexibility index (Phi) is 5.13. The molecule has 1 heterocycles. The van der Waals surface area contributed by atoms with E-state index in [4.69, 9.17) is 0 Å².